The van der Waals surface area contributed by atoms with E-state index in [0.29, 0.717) is 6.61 Å². The van der Waals surface area contributed by atoms with Gasteiger partial charge in [0, 0.05) is 26.4 Å². The molecule has 0 aliphatic carbocycles. The molecule has 0 fully saturated rings. The third-order valence-electron chi connectivity index (χ3n) is 1.63. The molecule has 0 amide bonds. The summed E-state index contributed by atoms with van der Waals surface area (Å²) in [7, 11) is 1.70. The Morgan fingerprint density at radius 2 is 2.08 bits per heavy atom. The van der Waals surface area contributed by atoms with Crippen molar-refractivity contribution in [3.05, 3.63) is 0 Å². The Bertz CT molecular complexity index is 88.6. The molecule has 3 nitrogen and oxygen atoms in total. The quantitative estimate of drug-likeness (QED) is 0.563. The van der Waals surface area contributed by atoms with Gasteiger partial charge in [-0.05, 0) is 12.8 Å². The monoisotopic (exact) mass is 175 g/mol. The zero-order valence-electron chi connectivity index (χ0n) is 8.21. The molecule has 2 N–H and O–H groups in total. The van der Waals surface area contributed by atoms with Crippen molar-refractivity contribution in [3.63, 3.8) is 0 Å². The molecule has 0 aromatic rings. The summed E-state index contributed by atoms with van der Waals surface area (Å²) in [6.07, 6.45) is 3.13. The molecule has 0 aliphatic rings. The lowest BCUT2D eigenvalue weighted by molar-refractivity contribution is 0.0925. The van der Waals surface area contributed by atoms with E-state index in [1.165, 1.54) is 0 Å². The number of methoxy groups -OCH3 is 1. The zero-order valence-corrected chi connectivity index (χ0v) is 8.21. The normalized spacial score (nSPS) is 13.2. The summed E-state index contributed by atoms with van der Waals surface area (Å²) < 4.78 is 10.2. The lowest BCUT2D eigenvalue weighted by atomic mass is 10.2. The van der Waals surface area contributed by atoms with Gasteiger partial charge < -0.3 is 15.2 Å². The van der Waals surface area contributed by atoms with Crippen LogP contribution >= 0.6 is 0 Å². The smallest absolute Gasteiger partial charge is 0.0617 e. The summed E-state index contributed by atoms with van der Waals surface area (Å²) in [6.45, 7) is 4.33. The highest BCUT2D eigenvalue weighted by atomic mass is 16.5. The molecule has 0 saturated carbocycles. The maximum Gasteiger partial charge on any atom is 0.0617 e. The second-order valence-electron chi connectivity index (χ2n) is 2.97. The largest absolute Gasteiger partial charge is 0.385 e. The Morgan fingerprint density at radius 3 is 2.67 bits per heavy atom. The predicted molar refractivity (Wildman–Crippen MR) is 50.2 cm³/mol. The van der Waals surface area contributed by atoms with Gasteiger partial charge in [0.15, 0.2) is 0 Å². The van der Waals surface area contributed by atoms with Gasteiger partial charge in [-0.25, -0.2) is 0 Å². The first kappa shape index (κ1) is 11.9. The first-order valence-corrected chi connectivity index (χ1v) is 4.63. The van der Waals surface area contributed by atoms with Crippen LogP contribution in [-0.2, 0) is 9.47 Å². The van der Waals surface area contributed by atoms with Crippen LogP contribution in [0.1, 0.15) is 26.2 Å². The lowest BCUT2D eigenvalue weighted by Gasteiger charge is -2.10. The first-order valence-electron chi connectivity index (χ1n) is 4.63. The Balaban J connectivity index is 2.97. The second kappa shape index (κ2) is 8.97. The van der Waals surface area contributed by atoms with Crippen molar-refractivity contribution in [2.75, 3.05) is 26.9 Å². The standard InChI is InChI=1S/C9H21NO2/c1-3-5-9(10)8-12-7-4-6-11-2/h9H,3-8,10H2,1-2H3. The fourth-order valence-electron chi connectivity index (χ4n) is 0.994. The van der Waals surface area contributed by atoms with Gasteiger partial charge in [-0.15, -0.1) is 0 Å². The molecule has 3 heteroatoms. The predicted octanol–water partition coefficient (Wildman–Crippen LogP) is 1.17. The lowest BCUT2D eigenvalue weighted by Crippen LogP contribution is -2.26. The average molecular weight is 175 g/mol. The van der Waals surface area contributed by atoms with E-state index in [4.69, 9.17) is 15.2 Å². The maximum atomic E-state index is 5.74. The van der Waals surface area contributed by atoms with Crippen LogP contribution in [0.2, 0.25) is 0 Å². The summed E-state index contributed by atoms with van der Waals surface area (Å²) in [6, 6.07) is 0.206. The van der Waals surface area contributed by atoms with Gasteiger partial charge in [-0.3, -0.25) is 0 Å². The molecule has 0 spiro atoms. The van der Waals surface area contributed by atoms with Gasteiger partial charge in [0.25, 0.3) is 0 Å². The van der Waals surface area contributed by atoms with E-state index >= 15 is 0 Å². The summed E-state index contributed by atoms with van der Waals surface area (Å²) in [5.41, 5.74) is 5.74. The molecule has 0 aromatic carbocycles. The highest BCUT2D eigenvalue weighted by Crippen LogP contribution is 1.94. The SMILES string of the molecule is CCCC(N)COCCCOC. The van der Waals surface area contributed by atoms with Crippen LogP contribution in [0, 0.1) is 0 Å². The highest BCUT2D eigenvalue weighted by molar-refractivity contribution is 4.57. The van der Waals surface area contributed by atoms with Gasteiger partial charge in [-0.1, -0.05) is 13.3 Å². The molecule has 12 heavy (non-hydrogen) atoms. The molecule has 0 bridgehead atoms. The molecular weight excluding hydrogens is 154 g/mol. The van der Waals surface area contributed by atoms with E-state index in [0.717, 1.165) is 32.5 Å². The van der Waals surface area contributed by atoms with Crippen LogP contribution in [0.3, 0.4) is 0 Å². The summed E-state index contributed by atoms with van der Waals surface area (Å²) in [5.74, 6) is 0. The Morgan fingerprint density at radius 1 is 1.33 bits per heavy atom. The Hall–Kier alpha value is -0.120. The third kappa shape index (κ3) is 7.98. The highest BCUT2D eigenvalue weighted by Gasteiger charge is 1.99. The van der Waals surface area contributed by atoms with E-state index in [-0.39, 0.29) is 6.04 Å². The van der Waals surface area contributed by atoms with Gasteiger partial charge in [0.1, 0.15) is 0 Å². The van der Waals surface area contributed by atoms with Gasteiger partial charge in [0.05, 0.1) is 6.61 Å². The van der Waals surface area contributed by atoms with Gasteiger partial charge in [-0.2, -0.15) is 0 Å². The van der Waals surface area contributed by atoms with E-state index < -0.39 is 0 Å². The van der Waals surface area contributed by atoms with Crippen molar-refractivity contribution in [3.8, 4) is 0 Å². The zero-order chi connectivity index (χ0) is 9.23. The number of hydrogen-bond acceptors (Lipinski definition) is 3. The molecule has 74 valence electrons. The minimum absolute atomic E-state index is 0.206. The Labute approximate surface area is 75.2 Å². The second-order valence-corrected chi connectivity index (χ2v) is 2.97. The van der Waals surface area contributed by atoms with Crippen molar-refractivity contribution in [2.24, 2.45) is 5.73 Å². The minimum atomic E-state index is 0.206. The van der Waals surface area contributed by atoms with Crippen LogP contribution < -0.4 is 5.73 Å². The van der Waals surface area contributed by atoms with Crippen LogP contribution in [-0.4, -0.2) is 33.0 Å². The van der Waals surface area contributed by atoms with Crippen molar-refractivity contribution in [2.45, 2.75) is 32.2 Å². The van der Waals surface area contributed by atoms with Crippen LogP contribution in [0.4, 0.5) is 0 Å². The first-order chi connectivity index (χ1) is 5.81. The van der Waals surface area contributed by atoms with Crippen molar-refractivity contribution in [1.29, 1.82) is 0 Å². The number of rotatable bonds is 8. The summed E-state index contributed by atoms with van der Waals surface area (Å²) >= 11 is 0. The van der Waals surface area contributed by atoms with Crippen molar-refractivity contribution in [1.82, 2.24) is 0 Å². The molecule has 0 heterocycles. The molecule has 0 aliphatic heterocycles. The molecular formula is C9H21NO2. The number of ether oxygens (including phenoxy) is 2. The van der Waals surface area contributed by atoms with E-state index in [2.05, 4.69) is 6.92 Å². The topological polar surface area (TPSA) is 44.5 Å². The fourth-order valence-corrected chi connectivity index (χ4v) is 0.994. The average Bonchev–Trinajstić information content (AvgIpc) is 2.05. The van der Waals surface area contributed by atoms with E-state index in [9.17, 15) is 0 Å². The van der Waals surface area contributed by atoms with Crippen LogP contribution in [0.25, 0.3) is 0 Å². The molecule has 1 atom stereocenters. The maximum absolute atomic E-state index is 5.74. The Kier molecular flexibility index (Phi) is 8.88. The summed E-state index contributed by atoms with van der Waals surface area (Å²) in [5, 5.41) is 0. The fraction of sp³-hybridized carbons (Fsp3) is 1.00. The molecule has 0 saturated heterocycles. The minimum Gasteiger partial charge on any atom is -0.385 e. The van der Waals surface area contributed by atoms with E-state index in [1.807, 2.05) is 0 Å². The van der Waals surface area contributed by atoms with Gasteiger partial charge >= 0.3 is 0 Å². The third-order valence-corrected chi connectivity index (χ3v) is 1.63. The molecule has 1 unspecified atom stereocenters. The van der Waals surface area contributed by atoms with E-state index in [1.54, 1.807) is 7.11 Å². The van der Waals surface area contributed by atoms with Crippen LogP contribution in [0.15, 0.2) is 0 Å². The molecule has 0 radical (unpaired) electrons. The molecule has 0 aromatic heterocycles. The number of nitrogens with two attached hydrogens (primary N) is 1. The van der Waals surface area contributed by atoms with Crippen molar-refractivity contribution >= 4 is 0 Å². The summed E-state index contributed by atoms with van der Waals surface area (Å²) in [4.78, 5) is 0. The van der Waals surface area contributed by atoms with Crippen LogP contribution in [0.5, 0.6) is 0 Å². The van der Waals surface area contributed by atoms with Crippen molar-refractivity contribution < 1.29 is 9.47 Å². The molecule has 0 rings (SSSR count). The van der Waals surface area contributed by atoms with Gasteiger partial charge in [0.2, 0.25) is 0 Å². The number of hydrogen-bond donors (Lipinski definition) is 1.